The minimum Gasteiger partial charge on any atom is -0.508 e. The number of hydrogen-bond donors (Lipinski definition) is 13. The van der Waals surface area contributed by atoms with Crippen LogP contribution >= 0.6 is 0 Å². The number of hydrogen-bond acceptors (Lipinski definition) is 13. The third-order valence-corrected chi connectivity index (χ3v) is 10.0. The number of primary amides is 2. The van der Waals surface area contributed by atoms with Crippen LogP contribution in [0.1, 0.15) is 70.9 Å². The minimum absolute atomic E-state index is 0.0821. The van der Waals surface area contributed by atoms with Crippen LogP contribution in [0.3, 0.4) is 0 Å². The SMILES string of the molecule is CC(C)C[C@H](N)C(=O)NCC(=O)N[C@@H](Cc1ccc(O)cc1)C(=O)N[C@@H](Cc1ccccc1)C(=O)N[C@@H](CC(=O)O)C(=O)N[C@@H](CC(N)=O)C(=O)N[C@H](C(=O)N[C@@H](CCC(N)=O)C(=O)O)C(C)C. The number of amides is 9. The lowest BCUT2D eigenvalue weighted by Crippen LogP contribution is -2.61. The Morgan fingerprint density at radius 3 is 1.54 bits per heavy atom. The van der Waals surface area contributed by atoms with Gasteiger partial charge in [0, 0.05) is 19.3 Å². The summed E-state index contributed by atoms with van der Waals surface area (Å²) in [6.45, 7) is 6.09. The van der Waals surface area contributed by atoms with Crippen LogP contribution in [0, 0.1) is 11.8 Å². The highest BCUT2D eigenvalue weighted by Crippen LogP contribution is 2.13. The number of benzene rings is 2. The van der Waals surface area contributed by atoms with Gasteiger partial charge < -0.3 is 69.7 Å². The smallest absolute Gasteiger partial charge is 0.326 e. The second-order valence-corrected chi connectivity index (χ2v) is 16.7. The summed E-state index contributed by atoms with van der Waals surface area (Å²) >= 11 is 0. The fourth-order valence-electron chi connectivity index (χ4n) is 6.50. The molecule has 24 nitrogen and oxygen atoms in total. The molecule has 372 valence electrons. The van der Waals surface area contributed by atoms with Gasteiger partial charge in [0.1, 0.15) is 42.0 Å². The van der Waals surface area contributed by atoms with E-state index >= 15 is 0 Å². The number of phenols is 1. The van der Waals surface area contributed by atoms with E-state index in [1.165, 1.54) is 38.1 Å². The number of carboxylic acid groups (broad SMARTS) is 2. The number of nitrogens with one attached hydrogen (secondary N) is 7. The van der Waals surface area contributed by atoms with E-state index in [9.17, 15) is 68.1 Å². The Morgan fingerprint density at radius 1 is 0.559 bits per heavy atom. The van der Waals surface area contributed by atoms with Crippen LogP contribution in [-0.4, -0.2) is 129 Å². The van der Waals surface area contributed by atoms with Gasteiger partial charge in [0.15, 0.2) is 0 Å². The first-order chi connectivity index (χ1) is 31.9. The first-order valence-electron chi connectivity index (χ1n) is 21.5. The second kappa shape index (κ2) is 27.8. The summed E-state index contributed by atoms with van der Waals surface area (Å²) in [5.41, 5.74) is 17.3. The van der Waals surface area contributed by atoms with Crippen LogP contribution in [0.2, 0.25) is 0 Å². The van der Waals surface area contributed by atoms with Crippen LogP contribution in [0.5, 0.6) is 5.75 Å². The largest absolute Gasteiger partial charge is 0.508 e. The zero-order chi connectivity index (χ0) is 51.2. The Labute approximate surface area is 391 Å². The standard InChI is InChI=1S/C44H62N10O14/c1-22(2)16-27(45)38(61)48-21-35(58)49-29(18-25-10-12-26(55)13-11-25)39(62)51-30(17-24-8-6-5-7-9-24)40(63)53-32(20-36(59)60)41(64)52-31(19-34(47)57)42(65)54-37(23(3)4)43(66)50-28(44(67)68)14-15-33(46)56/h5-13,22-23,27-32,37,55H,14-21,45H2,1-4H3,(H2,46,56)(H2,47,57)(H,48,61)(H,49,58)(H,50,66)(H,51,62)(H,52,64)(H,53,63)(H,54,65)(H,59,60)(H,67,68)/t27-,28-,29-,30-,31-,32-,37-/m0/s1. The van der Waals surface area contributed by atoms with E-state index in [1.54, 1.807) is 30.3 Å². The summed E-state index contributed by atoms with van der Waals surface area (Å²) in [6.07, 6.45) is -2.88. The molecule has 68 heavy (non-hydrogen) atoms. The first-order valence-corrected chi connectivity index (χ1v) is 21.5. The van der Waals surface area contributed by atoms with E-state index in [0.717, 1.165) is 0 Å². The summed E-state index contributed by atoms with van der Waals surface area (Å²) < 4.78 is 0. The first kappa shape index (κ1) is 56.5. The Hall–Kier alpha value is -7.63. The molecule has 0 aliphatic heterocycles. The number of carboxylic acids is 2. The molecule has 0 radical (unpaired) electrons. The van der Waals surface area contributed by atoms with Crippen molar-refractivity contribution in [1.29, 1.82) is 0 Å². The highest BCUT2D eigenvalue weighted by atomic mass is 16.4. The lowest BCUT2D eigenvalue weighted by molar-refractivity contribution is -0.143. The molecule has 0 saturated carbocycles. The maximum Gasteiger partial charge on any atom is 0.326 e. The molecule has 9 amide bonds. The number of phenolic OH excluding ortho intramolecular Hbond substituents is 1. The highest BCUT2D eigenvalue weighted by molar-refractivity contribution is 5.99. The molecule has 24 heteroatoms. The Balaban J connectivity index is 2.43. The molecule has 0 heterocycles. The molecule has 0 aliphatic rings. The van der Waals surface area contributed by atoms with Crippen molar-refractivity contribution in [3.05, 3.63) is 65.7 Å². The molecule has 0 bridgehead atoms. The molecule has 0 aliphatic carbocycles. The average Bonchev–Trinajstić information content (AvgIpc) is 3.25. The van der Waals surface area contributed by atoms with Gasteiger partial charge in [-0.2, -0.15) is 0 Å². The van der Waals surface area contributed by atoms with Crippen LogP contribution in [0.25, 0.3) is 0 Å². The minimum atomic E-state index is -1.98. The number of carbonyl (C=O) groups is 11. The number of carbonyl (C=O) groups excluding carboxylic acids is 9. The van der Waals surface area contributed by atoms with Crippen molar-refractivity contribution in [2.75, 3.05) is 6.54 Å². The number of aromatic hydroxyl groups is 1. The summed E-state index contributed by atoms with van der Waals surface area (Å²) in [5, 5.41) is 45.6. The van der Waals surface area contributed by atoms with Crippen molar-refractivity contribution in [3.63, 3.8) is 0 Å². The molecule has 0 unspecified atom stereocenters. The van der Waals surface area contributed by atoms with E-state index in [-0.39, 0.29) is 30.9 Å². The van der Waals surface area contributed by atoms with Crippen LogP contribution in [0.4, 0.5) is 0 Å². The van der Waals surface area contributed by atoms with Crippen molar-refractivity contribution in [3.8, 4) is 5.75 Å². The summed E-state index contributed by atoms with van der Waals surface area (Å²) in [4.78, 5) is 142. The maximum atomic E-state index is 14.1. The van der Waals surface area contributed by atoms with E-state index in [2.05, 4.69) is 37.2 Å². The quantitative estimate of drug-likeness (QED) is 0.0385. The van der Waals surface area contributed by atoms with E-state index in [0.29, 0.717) is 17.5 Å². The van der Waals surface area contributed by atoms with Crippen molar-refractivity contribution >= 4 is 65.1 Å². The Kier molecular flexibility index (Phi) is 23.1. The van der Waals surface area contributed by atoms with Gasteiger partial charge in [-0.15, -0.1) is 0 Å². The van der Waals surface area contributed by atoms with Crippen LogP contribution in [-0.2, 0) is 65.6 Å². The van der Waals surface area contributed by atoms with Crippen molar-refractivity contribution < 1.29 is 68.1 Å². The van der Waals surface area contributed by atoms with Gasteiger partial charge in [-0.3, -0.25) is 47.9 Å². The van der Waals surface area contributed by atoms with Crippen LogP contribution in [0.15, 0.2) is 54.6 Å². The molecule has 0 aromatic heterocycles. The number of nitrogens with two attached hydrogens (primary N) is 3. The second-order valence-electron chi connectivity index (χ2n) is 16.7. The normalized spacial score (nSPS) is 14.0. The van der Waals surface area contributed by atoms with Gasteiger partial charge in [0.2, 0.25) is 53.2 Å². The van der Waals surface area contributed by atoms with Gasteiger partial charge in [0.25, 0.3) is 0 Å². The van der Waals surface area contributed by atoms with Crippen molar-refractivity contribution in [2.45, 2.75) is 115 Å². The van der Waals surface area contributed by atoms with Gasteiger partial charge >= 0.3 is 11.9 Å². The molecular formula is C44H62N10O14. The van der Waals surface area contributed by atoms with Crippen molar-refractivity contribution in [2.24, 2.45) is 29.0 Å². The molecule has 16 N–H and O–H groups in total. The van der Waals surface area contributed by atoms with Gasteiger partial charge in [-0.1, -0.05) is 70.2 Å². The van der Waals surface area contributed by atoms with E-state index in [4.69, 9.17) is 17.2 Å². The zero-order valence-electron chi connectivity index (χ0n) is 38.1. The Bertz CT molecular complexity index is 2120. The fourth-order valence-corrected chi connectivity index (χ4v) is 6.50. The van der Waals surface area contributed by atoms with Gasteiger partial charge in [-0.25, -0.2) is 4.79 Å². The fraction of sp³-hybridized carbons (Fsp3) is 0.477. The third-order valence-electron chi connectivity index (χ3n) is 10.0. The van der Waals surface area contributed by atoms with Crippen molar-refractivity contribution in [1.82, 2.24) is 37.2 Å². The highest BCUT2D eigenvalue weighted by Gasteiger charge is 2.36. The van der Waals surface area contributed by atoms with E-state index < -0.39 is 139 Å². The van der Waals surface area contributed by atoms with E-state index in [1.807, 2.05) is 13.8 Å². The molecule has 2 rings (SSSR count). The number of rotatable bonds is 29. The molecule has 0 fully saturated rings. The summed E-state index contributed by atoms with van der Waals surface area (Å²) in [5.74, 6) is -12.8. The summed E-state index contributed by atoms with van der Waals surface area (Å²) in [7, 11) is 0. The topological polar surface area (TPSA) is 411 Å². The third kappa shape index (κ3) is 20.7. The average molecular weight is 955 g/mol. The number of aliphatic carboxylic acids is 2. The molecular weight excluding hydrogens is 893 g/mol. The molecule has 2 aromatic carbocycles. The maximum absolute atomic E-state index is 14.1. The monoisotopic (exact) mass is 954 g/mol. The lowest BCUT2D eigenvalue weighted by atomic mass is 10.0. The zero-order valence-corrected chi connectivity index (χ0v) is 38.1. The lowest BCUT2D eigenvalue weighted by Gasteiger charge is -2.28. The van der Waals surface area contributed by atoms with Crippen LogP contribution < -0.4 is 54.4 Å². The van der Waals surface area contributed by atoms with Gasteiger partial charge in [0.05, 0.1) is 25.4 Å². The predicted octanol–water partition coefficient (Wildman–Crippen LogP) is -3.07. The molecule has 7 atom stereocenters. The molecule has 2 aromatic rings. The van der Waals surface area contributed by atoms with Gasteiger partial charge in [-0.05, 0) is 47.9 Å². The molecule has 0 spiro atoms. The summed E-state index contributed by atoms with van der Waals surface area (Å²) in [6, 6.07) is 2.94. The Morgan fingerprint density at radius 2 is 1.04 bits per heavy atom. The molecule has 0 saturated heterocycles. The predicted molar refractivity (Wildman–Crippen MR) is 241 cm³/mol.